The van der Waals surface area contributed by atoms with E-state index >= 15 is 0 Å². The predicted molar refractivity (Wildman–Crippen MR) is 112 cm³/mol. The molecule has 1 amide bonds. The zero-order valence-corrected chi connectivity index (χ0v) is 17.2. The van der Waals surface area contributed by atoms with E-state index in [4.69, 9.17) is 9.47 Å². The van der Waals surface area contributed by atoms with E-state index < -0.39 is 6.10 Å². The van der Waals surface area contributed by atoms with Crippen molar-refractivity contribution in [3.05, 3.63) is 59.2 Å². The van der Waals surface area contributed by atoms with Crippen molar-refractivity contribution in [3.63, 3.8) is 0 Å². The second kappa shape index (κ2) is 9.63. The molecule has 28 heavy (non-hydrogen) atoms. The number of ether oxygens (including phenoxy) is 2. The number of carbonyl (C=O) groups is 1. The molecule has 0 heterocycles. The first-order valence-electron chi connectivity index (χ1n) is 10.4. The van der Waals surface area contributed by atoms with Crippen molar-refractivity contribution in [2.45, 2.75) is 64.5 Å². The Labute approximate surface area is 168 Å². The first kappa shape index (κ1) is 20.2. The number of aryl methyl sites for hydroxylation is 2. The fourth-order valence-electron chi connectivity index (χ4n) is 3.82. The topological polar surface area (TPSA) is 47.6 Å². The predicted octanol–water partition coefficient (Wildman–Crippen LogP) is 5.00. The quantitative estimate of drug-likeness (QED) is 0.700. The van der Waals surface area contributed by atoms with Gasteiger partial charge in [-0.15, -0.1) is 0 Å². The van der Waals surface area contributed by atoms with Gasteiger partial charge in [0, 0.05) is 6.07 Å². The van der Waals surface area contributed by atoms with Crippen LogP contribution in [0.2, 0.25) is 0 Å². The summed E-state index contributed by atoms with van der Waals surface area (Å²) >= 11 is 0. The summed E-state index contributed by atoms with van der Waals surface area (Å²) in [6.45, 7) is 4.07. The van der Waals surface area contributed by atoms with Crippen LogP contribution in [-0.4, -0.2) is 19.1 Å². The monoisotopic (exact) mass is 381 g/mol. The maximum Gasteiger partial charge on any atom is 0.261 e. The third-order valence-electron chi connectivity index (χ3n) is 5.48. The van der Waals surface area contributed by atoms with Crippen molar-refractivity contribution in [3.8, 4) is 11.5 Å². The lowest BCUT2D eigenvalue weighted by Crippen LogP contribution is -2.40. The number of amides is 1. The van der Waals surface area contributed by atoms with Crippen molar-refractivity contribution in [1.29, 1.82) is 0 Å². The average Bonchev–Trinajstić information content (AvgIpc) is 2.75. The van der Waals surface area contributed by atoms with Crippen LogP contribution in [-0.2, 0) is 17.6 Å². The van der Waals surface area contributed by atoms with Crippen LogP contribution in [0.5, 0.6) is 11.5 Å². The highest BCUT2D eigenvalue weighted by molar-refractivity contribution is 5.81. The molecule has 0 spiro atoms. The van der Waals surface area contributed by atoms with Gasteiger partial charge in [-0.1, -0.05) is 38.1 Å². The van der Waals surface area contributed by atoms with Gasteiger partial charge in [-0.2, -0.15) is 0 Å². The second-order valence-corrected chi connectivity index (χ2v) is 7.40. The number of hydrogen-bond donors (Lipinski definition) is 1. The molecule has 4 nitrogen and oxygen atoms in total. The van der Waals surface area contributed by atoms with Crippen molar-refractivity contribution in [1.82, 2.24) is 5.32 Å². The van der Waals surface area contributed by atoms with E-state index in [1.165, 1.54) is 36.0 Å². The summed E-state index contributed by atoms with van der Waals surface area (Å²) in [5.74, 6) is 1.28. The number of carbonyl (C=O) groups excluding carboxylic acids is 1. The van der Waals surface area contributed by atoms with Crippen LogP contribution in [0.3, 0.4) is 0 Å². The zero-order chi connectivity index (χ0) is 19.9. The normalized spacial score (nSPS) is 15.2. The first-order chi connectivity index (χ1) is 13.6. The summed E-state index contributed by atoms with van der Waals surface area (Å²) in [5, 5.41) is 3.19. The fourth-order valence-corrected chi connectivity index (χ4v) is 3.82. The Balaban J connectivity index is 1.69. The van der Waals surface area contributed by atoms with Gasteiger partial charge in [-0.25, -0.2) is 0 Å². The van der Waals surface area contributed by atoms with Crippen LogP contribution in [0.15, 0.2) is 42.5 Å². The lowest BCUT2D eigenvalue weighted by Gasteiger charge is -2.24. The van der Waals surface area contributed by atoms with E-state index in [1.54, 1.807) is 13.2 Å². The van der Waals surface area contributed by atoms with E-state index in [-0.39, 0.29) is 11.9 Å². The molecule has 4 heteroatoms. The Bertz CT molecular complexity index is 802. The average molecular weight is 382 g/mol. The van der Waals surface area contributed by atoms with Gasteiger partial charge >= 0.3 is 0 Å². The zero-order valence-electron chi connectivity index (χ0n) is 17.2. The van der Waals surface area contributed by atoms with Gasteiger partial charge in [0.1, 0.15) is 11.5 Å². The highest BCUT2D eigenvalue weighted by Gasteiger charge is 2.23. The Morgan fingerprint density at radius 1 is 1.00 bits per heavy atom. The van der Waals surface area contributed by atoms with E-state index in [0.717, 1.165) is 12.8 Å². The van der Waals surface area contributed by atoms with Crippen LogP contribution in [0.25, 0.3) is 0 Å². The SMILES string of the molecule is CC[C@H](Oc1cccc(OC)c1)C(=O)N[C@H](CC)c1ccc2c(c1)CCCC2. The van der Waals surface area contributed by atoms with Crippen molar-refractivity contribution >= 4 is 5.91 Å². The van der Waals surface area contributed by atoms with Crippen LogP contribution in [0.4, 0.5) is 0 Å². The smallest absolute Gasteiger partial charge is 0.261 e. The molecular formula is C24H31NO3. The first-order valence-corrected chi connectivity index (χ1v) is 10.4. The second-order valence-electron chi connectivity index (χ2n) is 7.40. The number of hydrogen-bond acceptors (Lipinski definition) is 3. The van der Waals surface area contributed by atoms with Gasteiger partial charge in [0.15, 0.2) is 6.10 Å². The molecule has 150 valence electrons. The van der Waals surface area contributed by atoms with E-state index in [2.05, 4.69) is 30.4 Å². The molecule has 0 radical (unpaired) electrons. The van der Waals surface area contributed by atoms with Gasteiger partial charge in [0.25, 0.3) is 5.91 Å². The number of fused-ring (bicyclic) bond motifs is 1. The minimum Gasteiger partial charge on any atom is -0.497 e. The Kier molecular flexibility index (Phi) is 6.96. The number of benzene rings is 2. The number of nitrogens with one attached hydrogen (secondary N) is 1. The maximum atomic E-state index is 12.9. The van der Waals surface area contributed by atoms with Crippen LogP contribution in [0, 0.1) is 0 Å². The standard InChI is InChI=1S/C24H31NO3/c1-4-22(19-14-13-17-9-6-7-10-18(17)15-19)25-24(26)23(5-2)28-21-12-8-11-20(16-21)27-3/h8,11-16,22-23H,4-7,9-10H2,1-3H3,(H,25,26)/t22-,23+/m1/s1. The summed E-state index contributed by atoms with van der Waals surface area (Å²) in [6.07, 6.45) is 5.77. The van der Waals surface area contributed by atoms with Crippen molar-refractivity contribution in [2.75, 3.05) is 7.11 Å². The molecule has 1 aliphatic carbocycles. The minimum atomic E-state index is -0.529. The Morgan fingerprint density at radius 2 is 1.75 bits per heavy atom. The van der Waals surface area contributed by atoms with Gasteiger partial charge in [0.2, 0.25) is 0 Å². The molecule has 1 N–H and O–H groups in total. The molecule has 2 aromatic rings. The maximum absolute atomic E-state index is 12.9. The van der Waals surface area contributed by atoms with E-state index in [1.807, 2.05) is 25.1 Å². The highest BCUT2D eigenvalue weighted by atomic mass is 16.5. The molecule has 0 unspecified atom stereocenters. The molecule has 0 aliphatic heterocycles. The van der Waals surface area contributed by atoms with Gasteiger partial charge in [-0.3, -0.25) is 4.79 Å². The third kappa shape index (κ3) is 4.86. The molecule has 0 fully saturated rings. The number of rotatable bonds is 8. The number of methoxy groups -OCH3 is 1. The Hall–Kier alpha value is -2.49. The van der Waals surface area contributed by atoms with Crippen molar-refractivity contribution < 1.29 is 14.3 Å². The summed E-state index contributed by atoms with van der Waals surface area (Å²) in [6, 6.07) is 14.1. The summed E-state index contributed by atoms with van der Waals surface area (Å²) in [5.41, 5.74) is 4.09. The molecule has 2 aromatic carbocycles. The lowest BCUT2D eigenvalue weighted by molar-refractivity contribution is -0.129. The van der Waals surface area contributed by atoms with E-state index in [9.17, 15) is 4.79 Å². The molecule has 0 aromatic heterocycles. The summed E-state index contributed by atoms with van der Waals surface area (Å²) in [4.78, 5) is 12.9. The molecule has 0 saturated heterocycles. The van der Waals surface area contributed by atoms with Gasteiger partial charge in [0.05, 0.1) is 13.2 Å². The molecule has 0 saturated carbocycles. The van der Waals surface area contributed by atoms with Crippen LogP contribution in [0.1, 0.15) is 62.3 Å². The van der Waals surface area contributed by atoms with E-state index in [0.29, 0.717) is 17.9 Å². The van der Waals surface area contributed by atoms with Crippen LogP contribution >= 0.6 is 0 Å². The lowest BCUT2D eigenvalue weighted by atomic mass is 9.88. The molecule has 0 bridgehead atoms. The molecule has 1 aliphatic rings. The summed E-state index contributed by atoms with van der Waals surface area (Å²) < 4.78 is 11.2. The largest absolute Gasteiger partial charge is 0.497 e. The van der Waals surface area contributed by atoms with Crippen molar-refractivity contribution in [2.24, 2.45) is 0 Å². The highest BCUT2D eigenvalue weighted by Crippen LogP contribution is 2.26. The Morgan fingerprint density at radius 3 is 2.46 bits per heavy atom. The molecule has 2 atom stereocenters. The molecular weight excluding hydrogens is 350 g/mol. The van der Waals surface area contributed by atoms with Crippen LogP contribution < -0.4 is 14.8 Å². The third-order valence-corrected chi connectivity index (χ3v) is 5.48. The minimum absolute atomic E-state index is 0.00249. The van der Waals surface area contributed by atoms with Gasteiger partial charge in [-0.05, 0) is 67.3 Å². The van der Waals surface area contributed by atoms with Gasteiger partial charge < -0.3 is 14.8 Å². The molecule has 3 rings (SSSR count). The fraction of sp³-hybridized carbons (Fsp3) is 0.458. The summed E-state index contributed by atoms with van der Waals surface area (Å²) in [7, 11) is 1.62.